The van der Waals surface area contributed by atoms with Gasteiger partial charge < -0.3 is 0 Å². The molecule has 0 radical (unpaired) electrons. The van der Waals surface area contributed by atoms with E-state index in [9.17, 15) is 0 Å². The summed E-state index contributed by atoms with van der Waals surface area (Å²) in [5.41, 5.74) is 1.12. The highest BCUT2D eigenvalue weighted by Gasteiger charge is 1.92. The van der Waals surface area contributed by atoms with Crippen molar-refractivity contribution >= 4 is 31.9 Å². The first-order valence-corrected chi connectivity index (χ1v) is 4.92. The van der Waals surface area contributed by atoms with Crippen molar-refractivity contribution < 1.29 is 0 Å². The lowest BCUT2D eigenvalue weighted by Crippen LogP contribution is -1.89. The predicted octanol–water partition coefficient (Wildman–Crippen LogP) is 2.78. The van der Waals surface area contributed by atoms with Crippen LogP contribution in [-0.2, 0) is 6.42 Å². The highest BCUT2D eigenvalue weighted by atomic mass is 79.9. The number of aryl methyl sites for hydroxylation is 1. The van der Waals surface area contributed by atoms with Crippen LogP contribution in [0.3, 0.4) is 0 Å². The molecule has 3 heteroatoms. The Labute approximate surface area is 77.1 Å². The van der Waals surface area contributed by atoms with Crippen molar-refractivity contribution in [3.05, 3.63) is 28.5 Å². The van der Waals surface area contributed by atoms with Gasteiger partial charge in [-0.15, -0.1) is 0 Å². The average Bonchev–Trinajstić information content (AvgIpc) is 1.88. The van der Waals surface area contributed by atoms with Crippen LogP contribution in [0.4, 0.5) is 0 Å². The zero-order valence-corrected chi connectivity index (χ0v) is 8.52. The topological polar surface area (TPSA) is 12.9 Å². The largest absolute Gasteiger partial charge is 0.246 e. The maximum atomic E-state index is 4.25. The van der Waals surface area contributed by atoms with Crippen LogP contribution in [0.5, 0.6) is 0 Å². The number of aromatic nitrogens is 1. The summed E-state index contributed by atoms with van der Waals surface area (Å²) in [6, 6.07) is 5.94. The minimum atomic E-state index is 0.908. The molecule has 0 bridgehead atoms. The smallest absolute Gasteiger partial charge is 0.106 e. The van der Waals surface area contributed by atoms with E-state index < -0.39 is 0 Å². The Hall–Kier alpha value is 0.110. The first-order chi connectivity index (χ1) is 4.83. The summed E-state index contributed by atoms with van der Waals surface area (Å²) in [6.07, 6.45) is 0.986. The maximum absolute atomic E-state index is 4.25. The van der Waals surface area contributed by atoms with Gasteiger partial charge in [-0.2, -0.15) is 0 Å². The molecule has 54 valence electrons. The van der Waals surface area contributed by atoms with Gasteiger partial charge in [-0.25, -0.2) is 4.98 Å². The highest BCUT2D eigenvalue weighted by Crippen LogP contribution is 2.06. The van der Waals surface area contributed by atoms with E-state index in [0.29, 0.717) is 0 Å². The van der Waals surface area contributed by atoms with Crippen molar-refractivity contribution in [3.8, 4) is 0 Å². The van der Waals surface area contributed by atoms with Gasteiger partial charge >= 0.3 is 0 Å². The lowest BCUT2D eigenvalue weighted by molar-refractivity contribution is 1.04. The average molecular weight is 265 g/mol. The molecule has 0 saturated carbocycles. The summed E-state index contributed by atoms with van der Waals surface area (Å²) in [4.78, 5) is 4.25. The molecule has 1 aromatic heterocycles. The Kier molecular flexibility index (Phi) is 3.35. The number of pyridine rings is 1. The van der Waals surface area contributed by atoms with Crippen molar-refractivity contribution in [1.82, 2.24) is 4.98 Å². The maximum Gasteiger partial charge on any atom is 0.106 e. The van der Waals surface area contributed by atoms with E-state index in [1.54, 1.807) is 0 Å². The Bertz CT molecular complexity index is 213. The van der Waals surface area contributed by atoms with Gasteiger partial charge in [0, 0.05) is 11.0 Å². The molecular formula is C7H7Br2N. The molecule has 10 heavy (non-hydrogen) atoms. The molecule has 1 rings (SSSR count). The van der Waals surface area contributed by atoms with Gasteiger partial charge in [0.05, 0.1) is 0 Å². The Morgan fingerprint density at radius 2 is 2.20 bits per heavy atom. The standard InChI is InChI=1S/C7H7Br2N/c8-5-4-6-2-1-3-7(9)10-6/h1-3H,4-5H2. The fourth-order valence-electron chi connectivity index (χ4n) is 0.686. The summed E-state index contributed by atoms with van der Waals surface area (Å²) in [5.74, 6) is 0. The van der Waals surface area contributed by atoms with Crippen LogP contribution < -0.4 is 0 Å². The number of halogens is 2. The number of hydrogen-bond acceptors (Lipinski definition) is 1. The van der Waals surface area contributed by atoms with Crippen LogP contribution in [0.1, 0.15) is 5.69 Å². The molecule has 0 amide bonds. The van der Waals surface area contributed by atoms with E-state index in [4.69, 9.17) is 0 Å². The molecule has 0 fully saturated rings. The fourth-order valence-corrected chi connectivity index (χ4v) is 1.47. The van der Waals surface area contributed by atoms with Crippen molar-refractivity contribution in [2.45, 2.75) is 6.42 Å². The van der Waals surface area contributed by atoms with Gasteiger partial charge in [-0.1, -0.05) is 22.0 Å². The zero-order valence-electron chi connectivity index (χ0n) is 5.35. The first kappa shape index (κ1) is 8.21. The van der Waals surface area contributed by atoms with E-state index >= 15 is 0 Å². The lowest BCUT2D eigenvalue weighted by Gasteiger charge is -1.95. The zero-order chi connectivity index (χ0) is 7.40. The summed E-state index contributed by atoms with van der Waals surface area (Å²) < 4.78 is 0.908. The second-order valence-corrected chi connectivity index (χ2v) is 3.50. The van der Waals surface area contributed by atoms with E-state index in [2.05, 4.69) is 36.8 Å². The van der Waals surface area contributed by atoms with E-state index in [0.717, 1.165) is 22.0 Å². The predicted molar refractivity (Wildman–Crippen MR) is 49.4 cm³/mol. The van der Waals surface area contributed by atoms with Crippen molar-refractivity contribution in [1.29, 1.82) is 0 Å². The summed E-state index contributed by atoms with van der Waals surface area (Å²) in [6.45, 7) is 0. The van der Waals surface area contributed by atoms with Crippen LogP contribution in [0.2, 0.25) is 0 Å². The Morgan fingerprint density at radius 1 is 1.40 bits per heavy atom. The van der Waals surface area contributed by atoms with Crippen LogP contribution in [0.25, 0.3) is 0 Å². The Balaban J connectivity index is 2.75. The molecule has 0 saturated heterocycles. The van der Waals surface area contributed by atoms with Crippen LogP contribution >= 0.6 is 31.9 Å². The molecule has 0 aliphatic carbocycles. The lowest BCUT2D eigenvalue weighted by atomic mass is 10.3. The normalized spacial score (nSPS) is 9.80. The molecule has 0 atom stereocenters. The fraction of sp³-hybridized carbons (Fsp3) is 0.286. The number of nitrogens with zero attached hydrogens (tertiary/aromatic N) is 1. The third-order valence-corrected chi connectivity index (χ3v) is 1.96. The third kappa shape index (κ3) is 2.39. The number of rotatable bonds is 2. The quantitative estimate of drug-likeness (QED) is 0.591. The minimum Gasteiger partial charge on any atom is -0.246 e. The Morgan fingerprint density at radius 3 is 2.80 bits per heavy atom. The SMILES string of the molecule is BrCCc1cccc(Br)n1. The van der Waals surface area contributed by atoms with Crippen LogP contribution in [0, 0.1) is 0 Å². The number of hydrogen-bond donors (Lipinski definition) is 0. The molecule has 1 heterocycles. The first-order valence-electron chi connectivity index (χ1n) is 3.00. The minimum absolute atomic E-state index is 0.908. The molecule has 0 unspecified atom stereocenters. The van der Waals surface area contributed by atoms with Gasteiger partial charge in [0.15, 0.2) is 0 Å². The molecule has 0 aliphatic heterocycles. The van der Waals surface area contributed by atoms with Crippen molar-refractivity contribution in [3.63, 3.8) is 0 Å². The molecular weight excluding hydrogens is 258 g/mol. The second-order valence-electron chi connectivity index (χ2n) is 1.89. The monoisotopic (exact) mass is 263 g/mol. The van der Waals surface area contributed by atoms with Gasteiger partial charge in [-0.05, 0) is 34.5 Å². The van der Waals surface area contributed by atoms with Crippen LogP contribution in [0.15, 0.2) is 22.8 Å². The third-order valence-electron chi connectivity index (χ3n) is 1.12. The summed E-state index contributed by atoms with van der Waals surface area (Å²) >= 11 is 6.66. The second kappa shape index (κ2) is 4.09. The van der Waals surface area contributed by atoms with Crippen molar-refractivity contribution in [2.75, 3.05) is 5.33 Å². The molecule has 0 N–H and O–H groups in total. The van der Waals surface area contributed by atoms with E-state index in [1.807, 2.05) is 18.2 Å². The van der Waals surface area contributed by atoms with E-state index in [-0.39, 0.29) is 0 Å². The molecule has 0 aromatic carbocycles. The van der Waals surface area contributed by atoms with Gasteiger partial charge in [-0.3, -0.25) is 0 Å². The summed E-state index contributed by atoms with van der Waals surface area (Å²) in [7, 11) is 0. The van der Waals surface area contributed by atoms with E-state index in [1.165, 1.54) is 0 Å². The molecule has 1 nitrogen and oxygen atoms in total. The highest BCUT2D eigenvalue weighted by molar-refractivity contribution is 9.10. The van der Waals surface area contributed by atoms with Crippen LogP contribution in [-0.4, -0.2) is 10.3 Å². The molecule has 0 spiro atoms. The van der Waals surface area contributed by atoms with Gasteiger partial charge in [0.1, 0.15) is 4.60 Å². The van der Waals surface area contributed by atoms with Crippen molar-refractivity contribution in [2.24, 2.45) is 0 Å². The van der Waals surface area contributed by atoms with Gasteiger partial charge in [0.2, 0.25) is 0 Å². The summed E-state index contributed by atoms with van der Waals surface area (Å²) in [5, 5.41) is 0.969. The molecule has 0 aliphatic rings. The number of alkyl halides is 1. The molecule has 1 aromatic rings. The van der Waals surface area contributed by atoms with Gasteiger partial charge in [0.25, 0.3) is 0 Å².